The van der Waals surface area contributed by atoms with Crippen LogP contribution in [0.3, 0.4) is 0 Å². The smallest absolute Gasteiger partial charge is 0.321 e. The lowest BCUT2D eigenvalue weighted by Crippen LogP contribution is -2.35. The van der Waals surface area contributed by atoms with Crippen molar-refractivity contribution in [3.8, 4) is 0 Å². The number of fused-ring (bicyclic) bond motifs is 2. The Morgan fingerprint density at radius 1 is 0.719 bits per heavy atom. The van der Waals surface area contributed by atoms with Gasteiger partial charge < -0.3 is 20.9 Å². The lowest BCUT2D eigenvalue weighted by molar-refractivity contribution is 0.222. The van der Waals surface area contributed by atoms with Crippen molar-refractivity contribution in [2.45, 2.75) is 6.42 Å². The molecule has 4 aromatic carbocycles. The minimum absolute atomic E-state index is 0.179. The zero-order valence-corrected chi connectivity index (χ0v) is 18.0. The standard InChI is InChI=1S/C26H26N4O2/c1-30(26(32)29-24-16-7-12-20-10-3-5-14-22(20)24)18-8-17-27-25(31)28-23-15-6-11-19-9-2-4-13-21(19)23/h2-7,9-16H,8,17-18H2,1H3,(H,29,32)(H2,27,28,31). The molecule has 0 aromatic heterocycles. The minimum atomic E-state index is -0.260. The van der Waals surface area contributed by atoms with Crippen LogP contribution in [-0.4, -0.2) is 37.1 Å². The molecule has 0 aliphatic carbocycles. The number of nitrogens with zero attached hydrogens (tertiary/aromatic N) is 1. The summed E-state index contributed by atoms with van der Waals surface area (Å²) in [5, 5.41) is 12.9. The highest BCUT2D eigenvalue weighted by atomic mass is 16.2. The third-order valence-corrected chi connectivity index (χ3v) is 5.37. The van der Waals surface area contributed by atoms with Gasteiger partial charge in [0, 0.05) is 30.9 Å². The van der Waals surface area contributed by atoms with Crippen molar-refractivity contribution in [3.63, 3.8) is 0 Å². The highest BCUT2D eigenvalue weighted by Crippen LogP contribution is 2.24. The minimum Gasteiger partial charge on any atom is -0.338 e. The van der Waals surface area contributed by atoms with E-state index in [1.165, 1.54) is 0 Å². The van der Waals surface area contributed by atoms with Crippen LogP contribution in [0.4, 0.5) is 21.0 Å². The van der Waals surface area contributed by atoms with Crippen LogP contribution in [0, 0.1) is 0 Å². The van der Waals surface area contributed by atoms with E-state index >= 15 is 0 Å². The van der Waals surface area contributed by atoms with Crippen LogP contribution in [-0.2, 0) is 0 Å². The van der Waals surface area contributed by atoms with Gasteiger partial charge >= 0.3 is 12.1 Å². The Kier molecular flexibility index (Phi) is 6.51. The number of urea groups is 2. The van der Waals surface area contributed by atoms with Crippen LogP contribution in [0.25, 0.3) is 21.5 Å². The van der Waals surface area contributed by atoms with Gasteiger partial charge in [-0.15, -0.1) is 0 Å². The maximum Gasteiger partial charge on any atom is 0.321 e. The van der Waals surface area contributed by atoms with Gasteiger partial charge in [-0.1, -0.05) is 72.8 Å². The van der Waals surface area contributed by atoms with Crippen molar-refractivity contribution >= 4 is 45.0 Å². The number of carbonyl (C=O) groups is 2. The van der Waals surface area contributed by atoms with Crippen molar-refractivity contribution in [1.82, 2.24) is 10.2 Å². The van der Waals surface area contributed by atoms with E-state index in [-0.39, 0.29) is 12.1 Å². The van der Waals surface area contributed by atoms with E-state index in [9.17, 15) is 9.59 Å². The highest BCUT2D eigenvalue weighted by molar-refractivity contribution is 6.02. The molecular formula is C26H26N4O2. The molecule has 0 fully saturated rings. The van der Waals surface area contributed by atoms with Gasteiger partial charge in [0.05, 0.1) is 11.4 Å². The molecule has 0 unspecified atom stereocenters. The Labute approximate surface area is 187 Å². The molecule has 0 saturated carbocycles. The Morgan fingerprint density at radius 3 is 1.88 bits per heavy atom. The normalized spacial score (nSPS) is 10.7. The average Bonchev–Trinajstić information content (AvgIpc) is 2.82. The van der Waals surface area contributed by atoms with Crippen molar-refractivity contribution in [2.75, 3.05) is 30.8 Å². The number of rotatable bonds is 6. The number of benzene rings is 4. The van der Waals surface area contributed by atoms with Crippen LogP contribution in [0.15, 0.2) is 84.9 Å². The molecule has 4 rings (SSSR count). The third-order valence-electron chi connectivity index (χ3n) is 5.37. The second-order valence-corrected chi connectivity index (χ2v) is 7.64. The number of hydrogen-bond acceptors (Lipinski definition) is 2. The monoisotopic (exact) mass is 426 g/mol. The van der Waals surface area contributed by atoms with Crippen LogP contribution in [0.5, 0.6) is 0 Å². The first-order chi connectivity index (χ1) is 15.6. The van der Waals surface area contributed by atoms with E-state index in [0.717, 1.165) is 32.9 Å². The first kappa shape index (κ1) is 21.2. The van der Waals surface area contributed by atoms with Gasteiger partial charge in [0.25, 0.3) is 0 Å². The fourth-order valence-electron chi connectivity index (χ4n) is 3.67. The molecule has 162 valence electrons. The van der Waals surface area contributed by atoms with E-state index in [1.807, 2.05) is 84.9 Å². The first-order valence-electron chi connectivity index (χ1n) is 10.6. The highest BCUT2D eigenvalue weighted by Gasteiger charge is 2.11. The van der Waals surface area contributed by atoms with Crippen molar-refractivity contribution in [3.05, 3.63) is 84.9 Å². The summed E-state index contributed by atoms with van der Waals surface area (Å²) < 4.78 is 0. The summed E-state index contributed by atoms with van der Waals surface area (Å²) in [6.07, 6.45) is 0.641. The lowest BCUT2D eigenvalue weighted by atomic mass is 10.1. The summed E-state index contributed by atoms with van der Waals surface area (Å²) in [6, 6.07) is 27.1. The van der Waals surface area contributed by atoms with Gasteiger partial charge in [0.15, 0.2) is 0 Å². The number of carbonyl (C=O) groups excluding carboxylic acids is 2. The zero-order chi connectivity index (χ0) is 22.3. The maximum atomic E-state index is 12.6. The fraction of sp³-hybridized carbons (Fsp3) is 0.154. The van der Waals surface area contributed by atoms with Gasteiger partial charge in [-0.2, -0.15) is 0 Å². The molecule has 0 aliphatic heterocycles. The van der Waals surface area contributed by atoms with E-state index < -0.39 is 0 Å². The van der Waals surface area contributed by atoms with Gasteiger partial charge in [0.2, 0.25) is 0 Å². The summed E-state index contributed by atoms with van der Waals surface area (Å²) in [7, 11) is 1.75. The Balaban J connectivity index is 1.24. The van der Waals surface area contributed by atoms with E-state index in [0.29, 0.717) is 19.5 Å². The third kappa shape index (κ3) is 4.98. The van der Waals surface area contributed by atoms with Crippen LogP contribution < -0.4 is 16.0 Å². The topological polar surface area (TPSA) is 73.5 Å². The van der Waals surface area contributed by atoms with Crippen LogP contribution in [0.1, 0.15) is 6.42 Å². The molecule has 0 atom stereocenters. The molecule has 0 saturated heterocycles. The van der Waals surface area contributed by atoms with Gasteiger partial charge in [-0.25, -0.2) is 9.59 Å². The molecule has 32 heavy (non-hydrogen) atoms. The zero-order valence-electron chi connectivity index (χ0n) is 18.0. The summed E-state index contributed by atoms with van der Waals surface area (Å²) >= 11 is 0. The number of hydrogen-bond donors (Lipinski definition) is 3. The predicted molar refractivity (Wildman–Crippen MR) is 131 cm³/mol. The molecule has 4 aromatic rings. The molecule has 0 heterocycles. The summed E-state index contributed by atoms with van der Waals surface area (Å²) in [4.78, 5) is 26.5. The van der Waals surface area contributed by atoms with E-state index in [4.69, 9.17) is 0 Å². The lowest BCUT2D eigenvalue weighted by Gasteiger charge is -2.19. The SMILES string of the molecule is CN(CCCNC(=O)Nc1cccc2ccccc12)C(=O)Nc1cccc2ccccc12. The maximum absolute atomic E-state index is 12.6. The largest absolute Gasteiger partial charge is 0.338 e. The quantitative estimate of drug-likeness (QED) is 0.348. The summed E-state index contributed by atoms with van der Waals surface area (Å²) in [5.41, 5.74) is 1.56. The molecule has 0 radical (unpaired) electrons. The molecule has 6 heteroatoms. The van der Waals surface area contributed by atoms with E-state index in [1.54, 1.807) is 11.9 Å². The molecule has 4 amide bonds. The van der Waals surface area contributed by atoms with Crippen molar-refractivity contribution < 1.29 is 9.59 Å². The second-order valence-electron chi connectivity index (χ2n) is 7.64. The van der Waals surface area contributed by atoms with Crippen molar-refractivity contribution in [1.29, 1.82) is 0 Å². The molecule has 0 bridgehead atoms. The number of amides is 4. The number of anilines is 2. The Hall–Kier alpha value is -4.06. The Morgan fingerprint density at radius 2 is 1.25 bits per heavy atom. The van der Waals surface area contributed by atoms with E-state index in [2.05, 4.69) is 16.0 Å². The van der Waals surface area contributed by atoms with Crippen LogP contribution in [0.2, 0.25) is 0 Å². The molecular weight excluding hydrogens is 400 g/mol. The molecule has 3 N–H and O–H groups in total. The fourth-order valence-corrected chi connectivity index (χ4v) is 3.67. The second kappa shape index (κ2) is 9.83. The Bertz CT molecular complexity index is 1240. The van der Waals surface area contributed by atoms with Gasteiger partial charge in [-0.3, -0.25) is 0 Å². The first-order valence-corrected chi connectivity index (χ1v) is 10.6. The molecule has 0 spiro atoms. The van der Waals surface area contributed by atoms with Gasteiger partial charge in [-0.05, 0) is 29.3 Å². The molecule has 6 nitrogen and oxygen atoms in total. The summed E-state index contributed by atoms with van der Waals surface area (Å²) in [5.74, 6) is 0. The predicted octanol–water partition coefficient (Wildman–Crippen LogP) is 5.67. The molecule has 0 aliphatic rings. The van der Waals surface area contributed by atoms with Crippen molar-refractivity contribution in [2.24, 2.45) is 0 Å². The van der Waals surface area contributed by atoms with Gasteiger partial charge in [0.1, 0.15) is 0 Å². The number of nitrogens with one attached hydrogen (secondary N) is 3. The van der Waals surface area contributed by atoms with Crippen LogP contribution >= 0.6 is 0 Å². The summed E-state index contributed by atoms with van der Waals surface area (Å²) in [6.45, 7) is 0.980. The average molecular weight is 427 g/mol.